The highest BCUT2D eigenvalue weighted by atomic mass is 79.9. The number of hydrogen-bond acceptors (Lipinski definition) is 9. The lowest BCUT2D eigenvalue weighted by atomic mass is 9.95. The maximum Gasteiger partial charge on any atom is 0.338 e. The summed E-state index contributed by atoms with van der Waals surface area (Å²) >= 11 is 4.88. The van der Waals surface area contributed by atoms with Gasteiger partial charge in [-0.1, -0.05) is 47.7 Å². The summed E-state index contributed by atoms with van der Waals surface area (Å²) in [4.78, 5) is 32.5. The molecule has 11 heteroatoms. The number of carbonyl (C=O) groups is 1. The highest BCUT2D eigenvalue weighted by Gasteiger charge is 2.34. The second kappa shape index (κ2) is 14.2. The molecule has 45 heavy (non-hydrogen) atoms. The first-order valence-electron chi connectivity index (χ1n) is 14.3. The van der Waals surface area contributed by atoms with Gasteiger partial charge in [0.25, 0.3) is 5.56 Å². The molecule has 0 fully saturated rings. The van der Waals surface area contributed by atoms with Crippen LogP contribution in [0.4, 0.5) is 0 Å². The summed E-state index contributed by atoms with van der Waals surface area (Å²) in [6, 6.07) is 18.1. The van der Waals surface area contributed by atoms with Gasteiger partial charge in [0, 0.05) is 0 Å². The molecule has 0 saturated carbocycles. The number of methoxy groups -OCH3 is 2. The molecular formula is C34H33BrN2O7S. The third kappa shape index (κ3) is 6.69. The fraction of sp³-hybridized carbons (Fsp3) is 0.265. The van der Waals surface area contributed by atoms with Gasteiger partial charge in [-0.2, -0.15) is 0 Å². The second-order valence-corrected chi connectivity index (χ2v) is 11.8. The van der Waals surface area contributed by atoms with E-state index in [1.807, 2.05) is 49.4 Å². The molecule has 1 aliphatic rings. The second-order valence-electron chi connectivity index (χ2n) is 9.95. The van der Waals surface area contributed by atoms with Gasteiger partial charge in [0.15, 0.2) is 27.8 Å². The number of halogens is 1. The Bertz CT molecular complexity index is 1930. The molecule has 0 aliphatic carbocycles. The summed E-state index contributed by atoms with van der Waals surface area (Å²) in [6.45, 7) is 6.37. The number of carbonyl (C=O) groups excluding carboxylic acids is 1. The van der Waals surface area contributed by atoms with Gasteiger partial charge in [-0.25, -0.2) is 9.79 Å². The highest BCUT2D eigenvalue weighted by Crippen LogP contribution is 2.38. The number of nitrogens with zero attached hydrogens (tertiary/aromatic N) is 2. The average molecular weight is 694 g/mol. The van der Waals surface area contributed by atoms with E-state index in [9.17, 15) is 9.59 Å². The number of benzene rings is 3. The van der Waals surface area contributed by atoms with E-state index in [4.69, 9.17) is 23.7 Å². The van der Waals surface area contributed by atoms with Crippen LogP contribution >= 0.6 is 27.3 Å². The number of hydrogen-bond donors (Lipinski definition) is 0. The van der Waals surface area contributed by atoms with Gasteiger partial charge in [-0.3, -0.25) is 9.36 Å². The summed E-state index contributed by atoms with van der Waals surface area (Å²) in [5, 5.41) is 0. The largest absolute Gasteiger partial charge is 0.493 e. The van der Waals surface area contributed by atoms with Crippen LogP contribution in [0, 0.1) is 0 Å². The third-order valence-corrected chi connectivity index (χ3v) is 8.67. The maximum absolute atomic E-state index is 14.1. The Morgan fingerprint density at radius 3 is 2.42 bits per heavy atom. The molecule has 2 heterocycles. The Morgan fingerprint density at radius 1 is 0.978 bits per heavy atom. The molecule has 3 aromatic carbocycles. The number of ether oxygens (including phenoxy) is 5. The van der Waals surface area contributed by atoms with E-state index in [1.165, 1.54) is 23.0 Å². The van der Waals surface area contributed by atoms with Crippen LogP contribution in [0.15, 0.2) is 86.2 Å². The zero-order chi connectivity index (χ0) is 32.1. The molecular weight excluding hydrogens is 660 g/mol. The Kier molecular flexibility index (Phi) is 10.1. The van der Waals surface area contributed by atoms with E-state index >= 15 is 0 Å². The van der Waals surface area contributed by atoms with Crippen LogP contribution in [0.5, 0.6) is 23.0 Å². The van der Waals surface area contributed by atoms with Crippen molar-refractivity contribution in [2.75, 3.05) is 27.4 Å². The lowest BCUT2D eigenvalue weighted by molar-refractivity contribution is -0.139. The van der Waals surface area contributed by atoms with Crippen molar-refractivity contribution in [1.29, 1.82) is 0 Å². The minimum absolute atomic E-state index is 0.181. The van der Waals surface area contributed by atoms with Crippen molar-refractivity contribution in [3.8, 4) is 23.0 Å². The number of aromatic nitrogens is 1. The fourth-order valence-electron chi connectivity index (χ4n) is 5.09. The lowest BCUT2D eigenvalue weighted by Crippen LogP contribution is -2.40. The van der Waals surface area contributed by atoms with E-state index < -0.39 is 12.0 Å². The Hall–Kier alpha value is -4.35. The summed E-state index contributed by atoms with van der Waals surface area (Å²) in [5.74, 6) is 1.58. The van der Waals surface area contributed by atoms with Crippen molar-refractivity contribution in [2.45, 2.75) is 33.4 Å². The molecule has 1 atom stereocenters. The van der Waals surface area contributed by atoms with Gasteiger partial charge in [-0.05, 0) is 83.7 Å². The zero-order valence-corrected chi connectivity index (χ0v) is 28.0. The van der Waals surface area contributed by atoms with Crippen LogP contribution in [-0.4, -0.2) is 38.0 Å². The third-order valence-electron chi connectivity index (χ3n) is 7.10. The molecule has 5 rings (SSSR count). The van der Waals surface area contributed by atoms with Crippen LogP contribution in [0.1, 0.15) is 43.5 Å². The standard InChI is InChI=1S/C34H33BrN2O7S/c1-6-42-27-16-22(15-24(35)31(27)44-19-21-11-9-8-10-12-21)17-28-32(38)37-30(23-13-14-25(40-4)26(18-23)41-5)29(33(39)43-7-2)20(3)36-34(37)45-28/h8-18,30H,6-7,19H2,1-5H3. The molecule has 0 saturated heterocycles. The fourth-order valence-corrected chi connectivity index (χ4v) is 6.71. The van der Waals surface area contributed by atoms with Crippen LogP contribution in [0.2, 0.25) is 0 Å². The first-order chi connectivity index (χ1) is 21.8. The number of rotatable bonds is 11. The monoisotopic (exact) mass is 692 g/mol. The molecule has 0 bridgehead atoms. The van der Waals surface area contributed by atoms with E-state index in [-0.39, 0.29) is 17.7 Å². The smallest absolute Gasteiger partial charge is 0.338 e. The minimum atomic E-state index is -0.790. The highest BCUT2D eigenvalue weighted by molar-refractivity contribution is 9.10. The number of thiazole rings is 1. The Balaban J connectivity index is 1.62. The molecule has 1 aliphatic heterocycles. The molecule has 1 aromatic heterocycles. The van der Waals surface area contributed by atoms with Crippen molar-refractivity contribution in [3.05, 3.63) is 113 Å². The zero-order valence-electron chi connectivity index (χ0n) is 25.6. The minimum Gasteiger partial charge on any atom is -0.493 e. The number of esters is 1. The molecule has 4 aromatic rings. The van der Waals surface area contributed by atoms with Crippen molar-refractivity contribution < 1.29 is 28.5 Å². The van der Waals surface area contributed by atoms with Gasteiger partial charge < -0.3 is 23.7 Å². The molecule has 0 radical (unpaired) electrons. The average Bonchev–Trinajstić information content (AvgIpc) is 3.33. The van der Waals surface area contributed by atoms with Gasteiger partial charge in [0.05, 0.1) is 53.8 Å². The van der Waals surface area contributed by atoms with Gasteiger partial charge in [0.2, 0.25) is 0 Å². The normalized spacial score (nSPS) is 14.4. The van der Waals surface area contributed by atoms with Crippen molar-refractivity contribution in [3.63, 3.8) is 0 Å². The van der Waals surface area contributed by atoms with E-state index in [0.29, 0.717) is 61.3 Å². The summed E-state index contributed by atoms with van der Waals surface area (Å²) in [6.07, 6.45) is 1.78. The molecule has 0 N–H and O–H groups in total. The van der Waals surface area contributed by atoms with Gasteiger partial charge in [-0.15, -0.1) is 0 Å². The predicted octanol–water partition coefficient (Wildman–Crippen LogP) is 5.56. The summed E-state index contributed by atoms with van der Waals surface area (Å²) < 4.78 is 31.1. The van der Waals surface area contributed by atoms with Crippen LogP contribution < -0.4 is 33.8 Å². The van der Waals surface area contributed by atoms with Crippen molar-refractivity contribution in [1.82, 2.24) is 4.57 Å². The van der Waals surface area contributed by atoms with Crippen LogP contribution in [-0.2, 0) is 16.1 Å². The quantitative estimate of drug-likeness (QED) is 0.190. The van der Waals surface area contributed by atoms with Gasteiger partial charge in [0.1, 0.15) is 6.61 Å². The summed E-state index contributed by atoms with van der Waals surface area (Å²) in [7, 11) is 3.08. The first kappa shape index (κ1) is 32.1. The van der Waals surface area contributed by atoms with E-state index in [0.717, 1.165) is 11.1 Å². The van der Waals surface area contributed by atoms with Gasteiger partial charge >= 0.3 is 5.97 Å². The molecule has 234 valence electrons. The molecule has 9 nitrogen and oxygen atoms in total. The maximum atomic E-state index is 14.1. The van der Waals surface area contributed by atoms with E-state index in [1.54, 1.807) is 45.2 Å². The topological polar surface area (TPSA) is 97.6 Å². The Labute approximate surface area is 273 Å². The molecule has 1 unspecified atom stereocenters. The summed E-state index contributed by atoms with van der Waals surface area (Å²) in [5.41, 5.74) is 2.86. The van der Waals surface area contributed by atoms with Crippen LogP contribution in [0.25, 0.3) is 6.08 Å². The molecule has 0 amide bonds. The SMILES string of the molecule is CCOC(=O)C1=C(C)N=c2sc(=Cc3cc(Br)c(OCc4ccccc4)c(OCC)c3)c(=O)n2C1c1ccc(OC)c(OC)c1. The van der Waals surface area contributed by atoms with Crippen molar-refractivity contribution >= 4 is 39.3 Å². The first-order valence-corrected chi connectivity index (χ1v) is 15.9. The van der Waals surface area contributed by atoms with Crippen molar-refractivity contribution in [2.24, 2.45) is 4.99 Å². The predicted molar refractivity (Wildman–Crippen MR) is 176 cm³/mol. The number of fused-ring (bicyclic) bond motifs is 1. The molecule has 0 spiro atoms. The lowest BCUT2D eigenvalue weighted by Gasteiger charge is -2.25. The Morgan fingerprint density at radius 2 is 1.73 bits per heavy atom. The van der Waals surface area contributed by atoms with E-state index in [2.05, 4.69) is 20.9 Å². The number of allylic oxidation sites excluding steroid dienone is 1. The van der Waals surface area contributed by atoms with Crippen LogP contribution in [0.3, 0.4) is 0 Å².